The van der Waals surface area contributed by atoms with Crippen molar-refractivity contribution in [3.8, 4) is 11.1 Å². The molecule has 2 heterocycles. The largest absolute Gasteiger partial charge is 0.397 e. The highest BCUT2D eigenvalue weighted by molar-refractivity contribution is 5.77. The third kappa shape index (κ3) is 3.65. The SMILES string of the molecule is Cc1noc(C)c1-c1ccc(NCCN2CCOCC2)c(N)c1. The quantitative estimate of drug-likeness (QED) is 0.824. The summed E-state index contributed by atoms with van der Waals surface area (Å²) in [4.78, 5) is 2.39. The van der Waals surface area contributed by atoms with Crippen molar-refractivity contribution in [2.24, 2.45) is 0 Å². The minimum Gasteiger partial charge on any atom is -0.397 e. The van der Waals surface area contributed by atoms with E-state index in [0.29, 0.717) is 0 Å². The van der Waals surface area contributed by atoms with Gasteiger partial charge in [-0.15, -0.1) is 0 Å². The van der Waals surface area contributed by atoms with Crippen LogP contribution in [-0.2, 0) is 4.74 Å². The summed E-state index contributed by atoms with van der Waals surface area (Å²) in [7, 11) is 0. The Morgan fingerprint density at radius 1 is 1.26 bits per heavy atom. The van der Waals surface area contributed by atoms with Crippen LogP contribution in [0.2, 0.25) is 0 Å². The van der Waals surface area contributed by atoms with Gasteiger partial charge in [-0.05, 0) is 31.5 Å². The van der Waals surface area contributed by atoms with Crippen LogP contribution < -0.4 is 11.1 Å². The standard InChI is InChI=1S/C17H24N4O2/c1-12-17(13(2)23-20-12)14-3-4-16(15(18)11-14)19-5-6-21-7-9-22-10-8-21/h3-4,11,19H,5-10,18H2,1-2H3. The Bertz CT molecular complexity index is 643. The molecule has 2 aromatic rings. The van der Waals surface area contributed by atoms with Gasteiger partial charge in [-0.3, -0.25) is 4.90 Å². The first-order valence-corrected chi connectivity index (χ1v) is 8.02. The first kappa shape index (κ1) is 15.8. The van der Waals surface area contributed by atoms with E-state index >= 15 is 0 Å². The van der Waals surface area contributed by atoms with Crippen LogP contribution in [0.5, 0.6) is 0 Å². The number of aromatic nitrogens is 1. The number of aryl methyl sites for hydroxylation is 2. The van der Waals surface area contributed by atoms with E-state index in [-0.39, 0.29) is 0 Å². The minimum atomic E-state index is 0.740. The molecule has 1 aromatic heterocycles. The fraction of sp³-hybridized carbons (Fsp3) is 0.471. The zero-order valence-corrected chi connectivity index (χ0v) is 13.8. The van der Waals surface area contributed by atoms with Crippen molar-refractivity contribution < 1.29 is 9.26 Å². The third-order valence-corrected chi connectivity index (χ3v) is 4.22. The minimum absolute atomic E-state index is 0.740. The molecule has 3 rings (SSSR count). The molecular formula is C17H24N4O2. The van der Waals surface area contributed by atoms with Crippen LogP contribution in [0.15, 0.2) is 22.7 Å². The van der Waals surface area contributed by atoms with E-state index in [0.717, 1.165) is 73.3 Å². The maximum atomic E-state index is 6.20. The van der Waals surface area contributed by atoms with Gasteiger partial charge < -0.3 is 20.3 Å². The molecule has 0 unspecified atom stereocenters. The molecule has 6 nitrogen and oxygen atoms in total. The molecule has 1 fully saturated rings. The summed E-state index contributed by atoms with van der Waals surface area (Å²) in [5.41, 5.74) is 10.9. The fourth-order valence-electron chi connectivity index (χ4n) is 2.95. The number of hydrogen-bond donors (Lipinski definition) is 2. The highest BCUT2D eigenvalue weighted by atomic mass is 16.5. The molecule has 0 aliphatic carbocycles. The first-order chi connectivity index (χ1) is 11.1. The average Bonchev–Trinajstić information content (AvgIpc) is 2.89. The second-order valence-corrected chi connectivity index (χ2v) is 5.88. The zero-order valence-electron chi connectivity index (χ0n) is 13.8. The fourth-order valence-corrected chi connectivity index (χ4v) is 2.95. The first-order valence-electron chi connectivity index (χ1n) is 8.02. The van der Waals surface area contributed by atoms with E-state index < -0.39 is 0 Å². The van der Waals surface area contributed by atoms with E-state index in [4.69, 9.17) is 15.0 Å². The van der Waals surface area contributed by atoms with Gasteiger partial charge in [0, 0.05) is 31.7 Å². The van der Waals surface area contributed by atoms with Crippen LogP contribution >= 0.6 is 0 Å². The van der Waals surface area contributed by atoms with Crippen molar-refractivity contribution in [3.63, 3.8) is 0 Å². The van der Waals surface area contributed by atoms with Gasteiger partial charge in [0.1, 0.15) is 5.76 Å². The van der Waals surface area contributed by atoms with E-state index in [2.05, 4.69) is 21.4 Å². The Balaban J connectivity index is 1.63. The number of morpholine rings is 1. The number of hydrogen-bond acceptors (Lipinski definition) is 6. The molecule has 1 aliphatic heterocycles. The van der Waals surface area contributed by atoms with E-state index in [1.165, 1.54) is 0 Å². The lowest BCUT2D eigenvalue weighted by Crippen LogP contribution is -2.39. The predicted octanol–water partition coefficient (Wildman–Crippen LogP) is 2.28. The van der Waals surface area contributed by atoms with Crippen LogP contribution in [0.4, 0.5) is 11.4 Å². The van der Waals surface area contributed by atoms with E-state index in [9.17, 15) is 0 Å². The molecule has 124 valence electrons. The lowest BCUT2D eigenvalue weighted by atomic mass is 10.0. The molecule has 0 bridgehead atoms. The second-order valence-electron chi connectivity index (χ2n) is 5.88. The Hall–Kier alpha value is -2.05. The number of anilines is 2. The Morgan fingerprint density at radius 3 is 2.70 bits per heavy atom. The number of nitrogen functional groups attached to an aromatic ring is 1. The second kappa shape index (κ2) is 7.02. The molecule has 0 amide bonds. The highest BCUT2D eigenvalue weighted by Crippen LogP contribution is 2.31. The van der Waals surface area contributed by atoms with Gasteiger partial charge in [0.15, 0.2) is 0 Å². The lowest BCUT2D eigenvalue weighted by molar-refractivity contribution is 0.0398. The lowest BCUT2D eigenvalue weighted by Gasteiger charge is -2.26. The van der Waals surface area contributed by atoms with Crippen molar-refractivity contribution in [1.29, 1.82) is 0 Å². The molecule has 0 atom stereocenters. The molecule has 1 aromatic carbocycles. The smallest absolute Gasteiger partial charge is 0.141 e. The summed E-state index contributed by atoms with van der Waals surface area (Å²) in [5, 5.41) is 7.41. The van der Waals surface area contributed by atoms with Crippen molar-refractivity contribution in [2.75, 3.05) is 50.4 Å². The average molecular weight is 316 g/mol. The third-order valence-electron chi connectivity index (χ3n) is 4.22. The van der Waals surface area contributed by atoms with Gasteiger partial charge in [-0.2, -0.15) is 0 Å². The van der Waals surface area contributed by atoms with Crippen LogP contribution in [-0.4, -0.2) is 49.4 Å². The van der Waals surface area contributed by atoms with Gasteiger partial charge in [-0.1, -0.05) is 11.2 Å². The number of ether oxygens (including phenoxy) is 1. The van der Waals surface area contributed by atoms with Crippen LogP contribution in [0.1, 0.15) is 11.5 Å². The molecule has 0 spiro atoms. The highest BCUT2D eigenvalue weighted by Gasteiger charge is 2.13. The van der Waals surface area contributed by atoms with E-state index in [1.807, 2.05) is 26.0 Å². The monoisotopic (exact) mass is 316 g/mol. The van der Waals surface area contributed by atoms with Crippen LogP contribution in [0, 0.1) is 13.8 Å². The molecule has 1 aliphatic rings. The molecule has 0 radical (unpaired) electrons. The summed E-state index contributed by atoms with van der Waals surface area (Å²) in [6.07, 6.45) is 0. The summed E-state index contributed by atoms with van der Waals surface area (Å²) in [6.45, 7) is 9.38. The number of nitrogens with zero attached hydrogens (tertiary/aromatic N) is 2. The number of nitrogens with one attached hydrogen (secondary N) is 1. The molecule has 3 N–H and O–H groups in total. The van der Waals surface area contributed by atoms with Crippen molar-refractivity contribution in [3.05, 3.63) is 29.7 Å². The summed E-state index contributed by atoms with van der Waals surface area (Å²) in [6, 6.07) is 6.05. The maximum Gasteiger partial charge on any atom is 0.141 e. The van der Waals surface area contributed by atoms with Gasteiger partial charge in [0.2, 0.25) is 0 Å². The number of rotatable bonds is 5. The van der Waals surface area contributed by atoms with Crippen LogP contribution in [0.25, 0.3) is 11.1 Å². The predicted molar refractivity (Wildman–Crippen MR) is 91.6 cm³/mol. The summed E-state index contributed by atoms with van der Waals surface area (Å²) in [5.74, 6) is 0.815. The number of nitrogens with two attached hydrogens (primary N) is 1. The zero-order chi connectivity index (χ0) is 16.2. The number of benzene rings is 1. The molecule has 0 saturated carbocycles. The van der Waals surface area contributed by atoms with Crippen molar-refractivity contribution >= 4 is 11.4 Å². The van der Waals surface area contributed by atoms with Gasteiger partial charge in [0.25, 0.3) is 0 Å². The Labute approximate surface area is 136 Å². The van der Waals surface area contributed by atoms with Gasteiger partial charge >= 0.3 is 0 Å². The van der Waals surface area contributed by atoms with E-state index in [1.54, 1.807) is 0 Å². The molecular weight excluding hydrogens is 292 g/mol. The summed E-state index contributed by atoms with van der Waals surface area (Å²) >= 11 is 0. The van der Waals surface area contributed by atoms with Crippen molar-refractivity contribution in [2.45, 2.75) is 13.8 Å². The van der Waals surface area contributed by atoms with Gasteiger partial charge in [-0.25, -0.2) is 0 Å². The molecule has 1 saturated heterocycles. The normalized spacial score (nSPS) is 15.7. The molecule has 23 heavy (non-hydrogen) atoms. The Kier molecular flexibility index (Phi) is 4.83. The topological polar surface area (TPSA) is 76.5 Å². The van der Waals surface area contributed by atoms with Crippen LogP contribution in [0.3, 0.4) is 0 Å². The Morgan fingerprint density at radius 2 is 2.04 bits per heavy atom. The van der Waals surface area contributed by atoms with Crippen molar-refractivity contribution in [1.82, 2.24) is 10.1 Å². The summed E-state index contributed by atoms with van der Waals surface area (Å²) < 4.78 is 10.6. The maximum absolute atomic E-state index is 6.20. The van der Waals surface area contributed by atoms with Gasteiger partial charge in [0.05, 0.1) is 30.3 Å². The molecule has 6 heteroatoms.